The predicted octanol–water partition coefficient (Wildman–Crippen LogP) is 3.90. The molecule has 0 heterocycles. The van der Waals surface area contributed by atoms with Crippen LogP contribution in [0, 0.1) is 0 Å². The molecule has 0 aromatic heterocycles. The number of rotatable bonds is 7. The molecule has 0 spiro atoms. The molecule has 0 aliphatic rings. The van der Waals surface area contributed by atoms with E-state index < -0.39 is 12.0 Å². The van der Waals surface area contributed by atoms with Crippen molar-refractivity contribution in [1.82, 2.24) is 10.6 Å². The number of urea groups is 1. The molecular formula is C23H22N2O3. The van der Waals surface area contributed by atoms with Crippen molar-refractivity contribution in [2.45, 2.75) is 13.2 Å². The highest BCUT2D eigenvalue weighted by molar-refractivity contribution is 5.80. The SMILES string of the molecule is O=C(NCC(=O)OCc1ccc(-c2ccccc2)cc1)NCc1ccccc1. The van der Waals surface area contributed by atoms with Crippen molar-refractivity contribution in [2.24, 2.45) is 0 Å². The summed E-state index contributed by atoms with van der Waals surface area (Å²) in [5.74, 6) is -0.484. The van der Waals surface area contributed by atoms with Gasteiger partial charge in [0.1, 0.15) is 13.2 Å². The summed E-state index contributed by atoms with van der Waals surface area (Å²) in [5, 5.41) is 5.19. The number of carbonyl (C=O) groups excluding carboxylic acids is 2. The van der Waals surface area contributed by atoms with Gasteiger partial charge in [0.25, 0.3) is 0 Å². The summed E-state index contributed by atoms with van der Waals surface area (Å²) >= 11 is 0. The van der Waals surface area contributed by atoms with Crippen LogP contribution in [-0.4, -0.2) is 18.5 Å². The summed E-state index contributed by atoms with van der Waals surface area (Å²) in [7, 11) is 0. The van der Waals surface area contributed by atoms with Crippen LogP contribution in [0.1, 0.15) is 11.1 Å². The molecule has 0 atom stereocenters. The Morgan fingerprint density at radius 2 is 1.29 bits per heavy atom. The lowest BCUT2D eigenvalue weighted by atomic mass is 10.0. The number of hydrogen-bond acceptors (Lipinski definition) is 3. The summed E-state index contributed by atoms with van der Waals surface area (Å²) in [5.41, 5.74) is 4.12. The minimum Gasteiger partial charge on any atom is -0.460 e. The van der Waals surface area contributed by atoms with Gasteiger partial charge in [0.2, 0.25) is 0 Å². The van der Waals surface area contributed by atoms with Gasteiger partial charge in [0.15, 0.2) is 0 Å². The highest BCUT2D eigenvalue weighted by Gasteiger charge is 2.07. The Morgan fingerprint density at radius 1 is 0.679 bits per heavy atom. The van der Waals surface area contributed by atoms with Gasteiger partial charge in [-0.1, -0.05) is 84.9 Å². The quantitative estimate of drug-likeness (QED) is 0.617. The topological polar surface area (TPSA) is 67.4 Å². The van der Waals surface area contributed by atoms with E-state index in [-0.39, 0.29) is 13.2 Å². The van der Waals surface area contributed by atoms with E-state index in [9.17, 15) is 9.59 Å². The van der Waals surface area contributed by atoms with Crippen molar-refractivity contribution >= 4 is 12.0 Å². The van der Waals surface area contributed by atoms with Gasteiger partial charge in [-0.2, -0.15) is 0 Å². The van der Waals surface area contributed by atoms with Gasteiger partial charge in [0.05, 0.1) is 0 Å². The number of carbonyl (C=O) groups is 2. The van der Waals surface area contributed by atoms with Crippen molar-refractivity contribution < 1.29 is 14.3 Å². The summed E-state index contributed by atoms with van der Waals surface area (Å²) in [6, 6.07) is 27.0. The van der Waals surface area contributed by atoms with Crippen LogP contribution >= 0.6 is 0 Å². The Balaban J connectivity index is 1.37. The fourth-order valence-corrected chi connectivity index (χ4v) is 2.63. The first-order chi connectivity index (χ1) is 13.7. The summed E-state index contributed by atoms with van der Waals surface area (Å²) in [6.45, 7) is 0.388. The highest BCUT2D eigenvalue weighted by atomic mass is 16.5. The van der Waals surface area contributed by atoms with E-state index in [2.05, 4.69) is 10.6 Å². The van der Waals surface area contributed by atoms with Crippen LogP contribution in [0.5, 0.6) is 0 Å². The van der Waals surface area contributed by atoms with E-state index in [0.29, 0.717) is 6.54 Å². The van der Waals surface area contributed by atoms with Crippen LogP contribution < -0.4 is 10.6 Å². The van der Waals surface area contributed by atoms with E-state index >= 15 is 0 Å². The molecule has 0 unspecified atom stereocenters. The second-order valence-corrected chi connectivity index (χ2v) is 6.25. The Kier molecular flexibility index (Phi) is 6.79. The molecule has 0 bridgehead atoms. The van der Waals surface area contributed by atoms with Crippen LogP contribution in [0.4, 0.5) is 4.79 Å². The second kappa shape index (κ2) is 9.92. The first kappa shape index (κ1) is 19.2. The Hall–Kier alpha value is -3.60. The van der Waals surface area contributed by atoms with Gasteiger partial charge in [-0.3, -0.25) is 4.79 Å². The van der Waals surface area contributed by atoms with E-state index in [1.54, 1.807) is 0 Å². The van der Waals surface area contributed by atoms with Crippen molar-refractivity contribution in [3.63, 3.8) is 0 Å². The standard InChI is InChI=1S/C23H22N2O3/c26-22(16-25-23(27)24-15-18-7-3-1-4-8-18)28-17-19-11-13-21(14-12-19)20-9-5-2-6-10-20/h1-14H,15-17H2,(H2,24,25,27). The van der Waals surface area contributed by atoms with E-state index in [0.717, 1.165) is 22.3 Å². The molecule has 0 saturated heterocycles. The molecule has 2 amide bonds. The molecule has 3 aromatic carbocycles. The van der Waals surface area contributed by atoms with Crippen LogP contribution in [0.3, 0.4) is 0 Å². The molecule has 2 N–H and O–H groups in total. The summed E-state index contributed by atoms with van der Waals surface area (Å²) in [6.07, 6.45) is 0. The average Bonchev–Trinajstić information content (AvgIpc) is 2.76. The van der Waals surface area contributed by atoms with Crippen molar-refractivity contribution in [1.29, 1.82) is 0 Å². The maximum Gasteiger partial charge on any atom is 0.325 e. The van der Waals surface area contributed by atoms with Gasteiger partial charge in [-0.15, -0.1) is 0 Å². The number of esters is 1. The maximum atomic E-state index is 11.8. The molecule has 0 aliphatic heterocycles. The lowest BCUT2D eigenvalue weighted by molar-refractivity contribution is -0.143. The summed E-state index contributed by atoms with van der Waals surface area (Å²) < 4.78 is 5.21. The van der Waals surface area contributed by atoms with Crippen molar-refractivity contribution in [3.05, 3.63) is 96.1 Å². The normalized spacial score (nSPS) is 10.1. The zero-order valence-electron chi connectivity index (χ0n) is 15.4. The van der Waals surface area contributed by atoms with Gasteiger partial charge in [-0.25, -0.2) is 4.79 Å². The lowest BCUT2D eigenvalue weighted by Gasteiger charge is -2.09. The third-order valence-electron chi connectivity index (χ3n) is 4.15. The molecule has 3 aromatic rings. The molecule has 28 heavy (non-hydrogen) atoms. The average molecular weight is 374 g/mol. The molecule has 0 saturated carbocycles. The van der Waals surface area contributed by atoms with Gasteiger partial charge in [-0.05, 0) is 22.3 Å². The molecule has 5 heteroatoms. The highest BCUT2D eigenvalue weighted by Crippen LogP contribution is 2.19. The minimum absolute atomic E-state index is 0.168. The van der Waals surface area contributed by atoms with Crippen LogP contribution in [0.2, 0.25) is 0 Å². The third kappa shape index (κ3) is 5.99. The zero-order chi connectivity index (χ0) is 19.6. The van der Waals surface area contributed by atoms with Crippen molar-refractivity contribution in [3.8, 4) is 11.1 Å². The largest absolute Gasteiger partial charge is 0.460 e. The smallest absolute Gasteiger partial charge is 0.325 e. The van der Waals surface area contributed by atoms with E-state index in [4.69, 9.17) is 4.74 Å². The maximum absolute atomic E-state index is 11.8. The Bertz CT molecular complexity index is 894. The molecule has 0 aliphatic carbocycles. The number of nitrogens with one attached hydrogen (secondary N) is 2. The number of amides is 2. The van der Waals surface area contributed by atoms with Crippen molar-refractivity contribution in [2.75, 3.05) is 6.54 Å². The van der Waals surface area contributed by atoms with E-state index in [1.807, 2.05) is 84.9 Å². The number of ether oxygens (including phenoxy) is 1. The Labute approximate surface area is 164 Å². The third-order valence-corrected chi connectivity index (χ3v) is 4.15. The Morgan fingerprint density at radius 3 is 1.96 bits per heavy atom. The molecule has 3 rings (SSSR count). The lowest BCUT2D eigenvalue weighted by Crippen LogP contribution is -2.38. The van der Waals surface area contributed by atoms with Crippen LogP contribution in [-0.2, 0) is 22.7 Å². The van der Waals surface area contributed by atoms with Gasteiger partial charge >= 0.3 is 12.0 Å². The number of benzene rings is 3. The fourth-order valence-electron chi connectivity index (χ4n) is 2.63. The monoisotopic (exact) mass is 374 g/mol. The van der Waals surface area contributed by atoms with Crippen LogP contribution in [0.25, 0.3) is 11.1 Å². The van der Waals surface area contributed by atoms with Gasteiger partial charge in [0, 0.05) is 6.54 Å². The number of hydrogen-bond donors (Lipinski definition) is 2. The van der Waals surface area contributed by atoms with E-state index in [1.165, 1.54) is 0 Å². The van der Waals surface area contributed by atoms with Crippen LogP contribution in [0.15, 0.2) is 84.9 Å². The van der Waals surface area contributed by atoms with Gasteiger partial charge < -0.3 is 15.4 Å². The predicted molar refractivity (Wildman–Crippen MR) is 108 cm³/mol. The first-order valence-electron chi connectivity index (χ1n) is 9.06. The molecule has 0 fully saturated rings. The molecule has 142 valence electrons. The second-order valence-electron chi connectivity index (χ2n) is 6.25. The first-order valence-corrected chi connectivity index (χ1v) is 9.06. The molecular weight excluding hydrogens is 352 g/mol. The summed E-state index contributed by atoms with van der Waals surface area (Å²) in [4.78, 5) is 23.6. The fraction of sp³-hybridized carbons (Fsp3) is 0.130. The zero-order valence-corrected chi connectivity index (χ0v) is 15.4. The molecule has 5 nitrogen and oxygen atoms in total. The molecule has 0 radical (unpaired) electrons. The minimum atomic E-state index is -0.484.